The van der Waals surface area contributed by atoms with Gasteiger partial charge >= 0.3 is 0 Å². The van der Waals surface area contributed by atoms with Gasteiger partial charge in [0.25, 0.3) is 15.9 Å². The predicted octanol–water partition coefficient (Wildman–Crippen LogP) is 5.50. The first-order valence-corrected chi connectivity index (χ1v) is 12.2. The zero-order chi connectivity index (χ0) is 23.6. The number of anilines is 1. The van der Waals surface area contributed by atoms with E-state index in [1.165, 1.54) is 6.07 Å². The molecule has 6 heteroatoms. The lowest BCUT2D eigenvalue weighted by Crippen LogP contribution is -2.24. The van der Waals surface area contributed by atoms with Gasteiger partial charge in [0, 0.05) is 12.1 Å². The van der Waals surface area contributed by atoms with E-state index in [1.807, 2.05) is 68.4 Å². The van der Waals surface area contributed by atoms with Crippen LogP contribution in [0.2, 0.25) is 0 Å². The third-order valence-electron chi connectivity index (χ3n) is 5.70. The molecule has 0 saturated heterocycles. The highest BCUT2D eigenvalue weighted by molar-refractivity contribution is 7.92. The van der Waals surface area contributed by atoms with E-state index in [0.29, 0.717) is 23.4 Å². The summed E-state index contributed by atoms with van der Waals surface area (Å²) in [6.45, 7) is 5.82. The molecule has 0 fully saturated rings. The normalized spacial score (nSPS) is 11.4. The molecule has 168 valence electrons. The van der Waals surface area contributed by atoms with Gasteiger partial charge in [-0.15, -0.1) is 0 Å². The summed E-state index contributed by atoms with van der Waals surface area (Å²) in [5.74, 6) is -0.328. The van der Waals surface area contributed by atoms with E-state index in [4.69, 9.17) is 0 Å². The molecule has 4 rings (SSSR count). The minimum absolute atomic E-state index is 0.0845. The Morgan fingerprint density at radius 1 is 0.818 bits per heavy atom. The minimum Gasteiger partial charge on any atom is -0.348 e. The standard InChI is InChI=1S/C27H26N2O3S/c1-18-11-12-19(2)25(15-18)29-33(31,32)26-16-22(14-13-20(26)3)27(30)28-17-23-9-6-8-21-7-4-5-10-24(21)23/h4-16,29H,17H2,1-3H3,(H,28,30). The summed E-state index contributed by atoms with van der Waals surface area (Å²) in [7, 11) is -3.87. The summed E-state index contributed by atoms with van der Waals surface area (Å²) in [5, 5.41) is 5.09. The van der Waals surface area contributed by atoms with E-state index in [-0.39, 0.29) is 10.8 Å². The van der Waals surface area contributed by atoms with E-state index in [1.54, 1.807) is 25.1 Å². The maximum Gasteiger partial charge on any atom is 0.262 e. The zero-order valence-electron chi connectivity index (χ0n) is 18.8. The molecule has 0 aromatic heterocycles. The van der Waals surface area contributed by atoms with Crippen molar-refractivity contribution in [2.24, 2.45) is 0 Å². The Kier molecular flexibility index (Phi) is 6.20. The van der Waals surface area contributed by atoms with Gasteiger partial charge in [-0.05, 0) is 72.0 Å². The molecule has 0 aliphatic heterocycles. The highest BCUT2D eigenvalue weighted by Gasteiger charge is 2.20. The monoisotopic (exact) mass is 458 g/mol. The van der Waals surface area contributed by atoms with Crippen molar-refractivity contribution in [1.29, 1.82) is 0 Å². The number of carbonyl (C=O) groups excluding carboxylic acids is 1. The average molecular weight is 459 g/mol. The molecule has 33 heavy (non-hydrogen) atoms. The highest BCUT2D eigenvalue weighted by Crippen LogP contribution is 2.24. The number of benzene rings is 4. The lowest BCUT2D eigenvalue weighted by molar-refractivity contribution is 0.0951. The molecular formula is C27H26N2O3S. The van der Waals surface area contributed by atoms with Gasteiger partial charge in [0.15, 0.2) is 0 Å². The van der Waals surface area contributed by atoms with Crippen molar-refractivity contribution in [2.75, 3.05) is 4.72 Å². The highest BCUT2D eigenvalue weighted by atomic mass is 32.2. The lowest BCUT2D eigenvalue weighted by atomic mass is 10.0. The summed E-state index contributed by atoms with van der Waals surface area (Å²) >= 11 is 0. The minimum atomic E-state index is -3.87. The summed E-state index contributed by atoms with van der Waals surface area (Å²) < 4.78 is 29.0. The van der Waals surface area contributed by atoms with Gasteiger partial charge in [0.2, 0.25) is 0 Å². The fourth-order valence-corrected chi connectivity index (χ4v) is 5.19. The molecule has 0 heterocycles. The first kappa shape index (κ1) is 22.6. The number of nitrogens with one attached hydrogen (secondary N) is 2. The zero-order valence-corrected chi connectivity index (χ0v) is 19.7. The molecule has 0 saturated carbocycles. The fraction of sp³-hybridized carbons (Fsp3) is 0.148. The van der Waals surface area contributed by atoms with E-state index < -0.39 is 10.0 Å². The number of amides is 1. The molecule has 0 radical (unpaired) electrons. The summed E-state index contributed by atoms with van der Waals surface area (Å²) in [6.07, 6.45) is 0. The van der Waals surface area contributed by atoms with Crippen LogP contribution in [-0.4, -0.2) is 14.3 Å². The van der Waals surface area contributed by atoms with E-state index in [2.05, 4.69) is 10.0 Å². The van der Waals surface area contributed by atoms with Gasteiger partial charge in [-0.1, -0.05) is 60.7 Å². The first-order valence-electron chi connectivity index (χ1n) is 10.7. The smallest absolute Gasteiger partial charge is 0.262 e. The van der Waals surface area contributed by atoms with Crippen molar-refractivity contribution in [2.45, 2.75) is 32.2 Å². The quantitative estimate of drug-likeness (QED) is 0.401. The molecule has 4 aromatic carbocycles. The number of fused-ring (bicyclic) bond motifs is 1. The van der Waals surface area contributed by atoms with Crippen LogP contribution >= 0.6 is 0 Å². The molecule has 1 amide bonds. The number of aryl methyl sites for hydroxylation is 3. The Morgan fingerprint density at radius 3 is 2.36 bits per heavy atom. The van der Waals surface area contributed by atoms with Crippen molar-refractivity contribution in [3.05, 3.63) is 107 Å². The molecular weight excluding hydrogens is 432 g/mol. The van der Waals surface area contributed by atoms with Crippen molar-refractivity contribution in [3.8, 4) is 0 Å². The molecule has 5 nitrogen and oxygen atoms in total. The van der Waals surface area contributed by atoms with Crippen LogP contribution in [0.15, 0.2) is 83.8 Å². The van der Waals surface area contributed by atoms with Gasteiger partial charge in [0.1, 0.15) is 0 Å². The van der Waals surface area contributed by atoms with Gasteiger partial charge in [-0.2, -0.15) is 0 Å². The topological polar surface area (TPSA) is 75.3 Å². The van der Waals surface area contributed by atoms with E-state index >= 15 is 0 Å². The molecule has 0 aliphatic rings. The van der Waals surface area contributed by atoms with Crippen molar-refractivity contribution < 1.29 is 13.2 Å². The maximum absolute atomic E-state index is 13.1. The Balaban J connectivity index is 1.57. The third kappa shape index (κ3) is 4.91. The molecule has 4 aromatic rings. The molecule has 0 spiro atoms. The Hall–Kier alpha value is -3.64. The van der Waals surface area contributed by atoms with Crippen molar-refractivity contribution >= 4 is 32.4 Å². The van der Waals surface area contributed by atoms with Crippen LogP contribution < -0.4 is 10.0 Å². The Bertz CT molecular complexity index is 1450. The Labute approximate surface area is 194 Å². The maximum atomic E-state index is 13.1. The van der Waals surface area contributed by atoms with Gasteiger partial charge < -0.3 is 5.32 Å². The van der Waals surface area contributed by atoms with Crippen LogP contribution in [0.3, 0.4) is 0 Å². The lowest BCUT2D eigenvalue weighted by Gasteiger charge is -2.14. The molecule has 0 atom stereocenters. The number of carbonyl (C=O) groups is 1. The molecule has 0 bridgehead atoms. The second-order valence-corrected chi connectivity index (χ2v) is 9.88. The summed E-state index contributed by atoms with van der Waals surface area (Å²) in [6, 6.07) is 24.3. The Morgan fingerprint density at radius 2 is 1.55 bits per heavy atom. The van der Waals surface area contributed by atoms with E-state index in [0.717, 1.165) is 27.5 Å². The van der Waals surface area contributed by atoms with Gasteiger partial charge in [0.05, 0.1) is 10.6 Å². The number of rotatable bonds is 6. The van der Waals surface area contributed by atoms with Crippen molar-refractivity contribution in [1.82, 2.24) is 5.32 Å². The SMILES string of the molecule is Cc1ccc(C)c(NS(=O)(=O)c2cc(C(=O)NCc3cccc4ccccc34)ccc2C)c1. The summed E-state index contributed by atoms with van der Waals surface area (Å²) in [5.41, 5.74) is 4.17. The fourth-order valence-electron chi connectivity index (χ4n) is 3.80. The predicted molar refractivity (Wildman–Crippen MR) is 133 cm³/mol. The first-order chi connectivity index (χ1) is 15.7. The van der Waals surface area contributed by atoms with E-state index in [9.17, 15) is 13.2 Å². The molecule has 2 N–H and O–H groups in total. The van der Waals surface area contributed by atoms with Crippen LogP contribution in [0.5, 0.6) is 0 Å². The van der Waals surface area contributed by atoms with Gasteiger partial charge in [-0.25, -0.2) is 8.42 Å². The largest absolute Gasteiger partial charge is 0.348 e. The van der Waals surface area contributed by atoms with Crippen LogP contribution in [0, 0.1) is 20.8 Å². The number of hydrogen-bond donors (Lipinski definition) is 2. The molecule has 0 unspecified atom stereocenters. The second-order valence-electron chi connectivity index (χ2n) is 8.23. The average Bonchev–Trinajstić information content (AvgIpc) is 2.80. The van der Waals surface area contributed by atoms with Crippen LogP contribution in [0.25, 0.3) is 10.8 Å². The third-order valence-corrected chi connectivity index (χ3v) is 7.20. The molecule has 0 aliphatic carbocycles. The van der Waals surface area contributed by atoms with Crippen LogP contribution in [-0.2, 0) is 16.6 Å². The summed E-state index contributed by atoms with van der Waals surface area (Å²) in [4.78, 5) is 13.0. The van der Waals surface area contributed by atoms with Crippen LogP contribution in [0.1, 0.15) is 32.6 Å². The number of hydrogen-bond acceptors (Lipinski definition) is 3. The van der Waals surface area contributed by atoms with Crippen molar-refractivity contribution in [3.63, 3.8) is 0 Å². The second kappa shape index (κ2) is 9.08. The van der Waals surface area contributed by atoms with Gasteiger partial charge in [-0.3, -0.25) is 9.52 Å². The number of sulfonamides is 1. The van der Waals surface area contributed by atoms with Crippen LogP contribution in [0.4, 0.5) is 5.69 Å².